The topological polar surface area (TPSA) is 62.7 Å². The molecule has 0 unspecified atom stereocenters. The maximum atomic E-state index is 4.49. The van der Waals surface area contributed by atoms with E-state index >= 15 is 0 Å². The van der Waals surface area contributed by atoms with Gasteiger partial charge in [0.15, 0.2) is 0 Å². The molecule has 6 heteroatoms. The van der Waals surface area contributed by atoms with E-state index in [1.54, 1.807) is 11.3 Å². The fourth-order valence-corrected chi connectivity index (χ4v) is 2.32. The van der Waals surface area contributed by atoms with Crippen LogP contribution in [0, 0.1) is 13.8 Å². The van der Waals surface area contributed by atoms with Crippen molar-refractivity contribution in [2.75, 3.05) is 17.2 Å². The Morgan fingerprint density at radius 2 is 2.05 bits per heavy atom. The molecule has 2 rings (SSSR count). The lowest BCUT2D eigenvalue weighted by Gasteiger charge is -2.10. The third-order valence-electron chi connectivity index (χ3n) is 2.77. The molecule has 0 fully saturated rings. The van der Waals surface area contributed by atoms with Crippen molar-refractivity contribution in [2.45, 2.75) is 33.7 Å². The number of hydrogen-bond donors (Lipinski definition) is 2. The lowest BCUT2D eigenvalue weighted by molar-refractivity contribution is 0.947. The molecule has 2 aromatic heterocycles. The highest BCUT2D eigenvalue weighted by Gasteiger charge is 2.05. The van der Waals surface area contributed by atoms with E-state index in [4.69, 9.17) is 0 Å². The van der Waals surface area contributed by atoms with Crippen LogP contribution in [0.5, 0.6) is 0 Å². The summed E-state index contributed by atoms with van der Waals surface area (Å²) < 4.78 is 0. The van der Waals surface area contributed by atoms with E-state index in [9.17, 15) is 0 Å². The molecule has 0 saturated carbocycles. The van der Waals surface area contributed by atoms with Gasteiger partial charge in [-0.25, -0.2) is 9.97 Å². The van der Waals surface area contributed by atoms with Gasteiger partial charge in [-0.2, -0.15) is 4.98 Å². The minimum absolute atomic E-state index is 0.677. The number of aromatic nitrogens is 3. The van der Waals surface area contributed by atoms with Gasteiger partial charge >= 0.3 is 0 Å². The van der Waals surface area contributed by atoms with Gasteiger partial charge in [0.05, 0.1) is 17.7 Å². The fourth-order valence-electron chi connectivity index (χ4n) is 1.60. The molecule has 5 nitrogen and oxygen atoms in total. The van der Waals surface area contributed by atoms with Crippen LogP contribution in [-0.2, 0) is 6.54 Å². The van der Waals surface area contributed by atoms with Crippen LogP contribution in [0.4, 0.5) is 11.8 Å². The average Bonchev–Trinajstić information content (AvgIpc) is 2.82. The lowest BCUT2D eigenvalue weighted by Crippen LogP contribution is -2.08. The molecule has 0 saturated heterocycles. The summed E-state index contributed by atoms with van der Waals surface area (Å²) in [6.07, 6.45) is 2.90. The molecule has 2 aromatic rings. The molecule has 0 amide bonds. The van der Waals surface area contributed by atoms with Gasteiger partial charge in [-0.05, 0) is 20.3 Å². The lowest BCUT2D eigenvalue weighted by atomic mass is 10.3. The second-order valence-electron chi connectivity index (χ2n) is 4.37. The first-order chi connectivity index (χ1) is 9.20. The summed E-state index contributed by atoms with van der Waals surface area (Å²) in [7, 11) is 0. The smallest absolute Gasteiger partial charge is 0.224 e. The summed E-state index contributed by atoms with van der Waals surface area (Å²) >= 11 is 1.66. The van der Waals surface area contributed by atoms with Gasteiger partial charge in [0.2, 0.25) is 5.95 Å². The summed E-state index contributed by atoms with van der Waals surface area (Å²) in [6, 6.07) is 0. The van der Waals surface area contributed by atoms with E-state index in [1.807, 2.05) is 25.6 Å². The summed E-state index contributed by atoms with van der Waals surface area (Å²) in [5.74, 6) is 1.55. The van der Waals surface area contributed by atoms with Crippen LogP contribution in [0.25, 0.3) is 0 Å². The zero-order chi connectivity index (χ0) is 13.7. The molecule has 0 aliphatic rings. The Morgan fingerprint density at radius 3 is 2.74 bits per heavy atom. The first-order valence-electron chi connectivity index (χ1n) is 6.41. The van der Waals surface area contributed by atoms with Crippen molar-refractivity contribution in [3.05, 3.63) is 27.8 Å². The van der Waals surface area contributed by atoms with Crippen molar-refractivity contribution >= 4 is 23.1 Å². The standard InChI is InChI=1S/C13H19N5S/c1-4-5-14-13-16-6-9(2)12(18-13)15-7-11-10(3)17-8-19-11/h6,8H,4-5,7H2,1-3H3,(H2,14,15,16,18). The number of hydrogen-bond acceptors (Lipinski definition) is 6. The van der Waals surface area contributed by atoms with E-state index < -0.39 is 0 Å². The van der Waals surface area contributed by atoms with Crippen molar-refractivity contribution in [3.63, 3.8) is 0 Å². The first-order valence-corrected chi connectivity index (χ1v) is 7.29. The molecule has 102 valence electrons. The Bertz CT molecular complexity index is 538. The molecule has 0 bridgehead atoms. The molecule has 2 N–H and O–H groups in total. The largest absolute Gasteiger partial charge is 0.365 e. The second kappa shape index (κ2) is 6.47. The molecule has 0 aliphatic carbocycles. The van der Waals surface area contributed by atoms with Crippen molar-refractivity contribution in [3.8, 4) is 0 Å². The van der Waals surface area contributed by atoms with Gasteiger partial charge in [-0.3, -0.25) is 0 Å². The number of anilines is 2. The minimum atomic E-state index is 0.677. The monoisotopic (exact) mass is 277 g/mol. The molecule has 0 atom stereocenters. The Balaban J connectivity index is 2.04. The van der Waals surface area contributed by atoms with Crippen LogP contribution in [-0.4, -0.2) is 21.5 Å². The Labute approximate surface area is 117 Å². The van der Waals surface area contributed by atoms with E-state index in [1.165, 1.54) is 4.88 Å². The number of thiazole rings is 1. The normalized spacial score (nSPS) is 10.5. The second-order valence-corrected chi connectivity index (χ2v) is 5.31. The van der Waals surface area contributed by atoms with Crippen LogP contribution >= 0.6 is 11.3 Å². The number of rotatable bonds is 6. The zero-order valence-corrected chi connectivity index (χ0v) is 12.3. The Morgan fingerprint density at radius 1 is 1.21 bits per heavy atom. The summed E-state index contributed by atoms with van der Waals surface area (Å²) in [5, 5.41) is 6.55. The van der Waals surface area contributed by atoms with E-state index in [0.717, 1.165) is 36.6 Å². The first kappa shape index (κ1) is 13.7. The van der Waals surface area contributed by atoms with Crippen molar-refractivity contribution in [1.29, 1.82) is 0 Å². The summed E-state index contributed by atoms with van der Waals surface area (Å²) in [6.45, 7) is 7.78. The number of nitrogens with zero attached hydrogens (tertiary/aromatic N) is 3. The van der Waals surface area contributed by atoms with Crippen LogP contribution in [0.2, 0.25) is 0 Å². The third-order valence-corrected chi connectivity index (χ3v) is 3.70. The SMILES string of the molecule is CCCNc1ncc(C)c(NCc2scnc2C)n1. The van der Waals surface area contributed by atoms with Gasteiger partial charge in [0.1, 0.15) is 5.82 Å². The van der Waals surface area contributed by atoms with Gasteiger partial charge < -0.3 is 10.6 Å². The number of aryl methyl sites for hydroxylation is 2. The maximum Gasteiger partial charge on any atom is 0.224 e. The van der Waals surface area contributed by atoms with Crippen molar-refractivity contribution < 1.29 is 0 Å². The molecule has 0 radical (unpaired) electrons. The molecular weight excluding hydrogens is 258 g/mol. The molecule has 0 aliphatic heterocycles. The van der Waals surface area contributed by atoms with Crippen LogP contribution in [0.15, 0.2) is 11.7 Å². The highest BCUT2D eigenvalue weighted by atomic mass is 32.1. The highest BCUT2D eigenvalue weighted by Crippen LogP contribution is 2.17. The molecule has 19 heavy (non-hydrogen) atoms. The van der Waals surface area contributed by atoms with Gasteiger partial charge in [-0.15, -0.1) is 11.3 Å². The Kier molecular flexibility index (Phi) is 4.68. The fraction of sp³-hybridized carbons (Fsp3) is 0.462. The van der Waals surface area contributed by atoms with Crippen LogP contribution in [0.3, 0.4) is 0 Å². The van der Waals surface area contributed by atoms with Crippen molar-refractivity contribution in [1.82, 2.24) is 15.0 Å². The zero-order valence-electron chi connectivity index (χ0n) is 11.5. The predicted octanol–water partition coefficient (Wildman–Crippen LogP) is 2.98. The van der Waals surface area contributed by atoms with Crippen LogP contribution < -0.4 is 10.6 Å². The van der Waals surface area contributed by atoms with Gasteiger partial charge in [0.25, 0.3) is 0 Å². The quantitative estimate of drug-likeness (QED) is 0.850. The molecule has 0 aromatic carbocycles. The molecule has 2 heterocycles. The average molecular weight is 277 g/mol. The van der Waals surface area contributed by atoms with E-state index in [0.29, 0.717) is 5.95 Å². The highest BCUT2D eigenvalue weighted by molar-refractivity contribution is 7.09. The molecular formula is C13H19N5S. The van der Waals surface area contributed by atoms with E-state index in [-0.39, 0.29) is 0 Å². The number of nitrogens with one attached hydrogen (secondary N) is 2. The van der Waals surface area contributed by atoms with E-state index in [2.05, 4.69) is 32.5 Å². The maximum absolute atomic E-state index is 4.49. The summed E-state index contributed by atoms with van der Waals surface area (Å²) in [5.41, 5.74) is 3.99. The van der Waals surface area contributed by atoms with Crippen LogP contribution in [0.1, 0.15) is 29.5 Å². The molecule has 0 spiro atoms. The third kappa shape index (κ3) is 3.64. The summed E-state index contributed by atoms with van der Waals surface area (Å²) in [4.78, 5) is 14.2. The van der Waals surface area contributed by atoms with Gasteiger partial charge in [-0.1, -0.05) is 6.92 Å². The van der Waals surface area contributed by atoms with Crippen molar-refractivity contribution in [2.24, 2.45) is 0 Å². The minimum Gasteiger partial charge on any atom is -0.365 e. The Hall–Kier alpha value is -1.69. The predicted molar refractivity (Wildman–Crippen MR) is 79.7 cm³/mol. The van der Waals surface area contributed by atoms with Gasteiger partial charge in [0, 0.05) is 23.2 Å².